The lowest BCUT2D eigenvalue weighted by Gasteiger charge is -1.95. The van der Waals surface area contributed by atoms with Gasteiger partial charge in [0, 0.05) is 18.0 Å². The van der Waals surface area contributed by atoms with Crippen LogP contribution in [0.5, 0.6) is 0 Å². The van der Waals surface area contributed by atoms with Crippen LogP contribution < -0.4 is 4.57 Å². The molecule has 1 aromatic carbocycles. The van der Waals surface area contributed by atoms with Crippen molar-refractivity contribution >= 4 is 43.3 Å². The predicted octanol–water partition coefficient (Wildman–Crippen LogP) is 2.04. The predicted molar refractivity (Wildman–Crippen MR) is 68.2 cm³/mol. The molecule has 2 rings (SSSR count). The van der Waals surface area contributed by atoms with Gasteiger partial charge in [-0.1, -0.05) is 22.9 Å². The first-order chi connectivity index (χ1) is 7.87. The minimum absolute atomic E-state index is 0.227. The van der Waals surface area contributed by atoms with E-state index in [0.717, 1.165) is 15.2 Å². The summed E-state index contributed by atoms with van der Waals surface area (Å²) in [6.45, 7) is 2.13. The van der Waals surface area contributed by atoms with Crippen molar-refractivity contribution in [3.8, 4) is 0 Å². The summed E-state index contributed by atoms with van der Waals surface area (Å²) in [5.74, 6) is -0.295. The first-order valence-electron chi connectivity index (χ1n) is 4.90. The molecule has 1 N–H and O–H groups in total. The molecule has 0 aliphatic rings. The maximum atomic E-state index is 10.8. The van der Waals surface area contributed by atoms with Gasteiger partial charge >= 0.3 is 0 Å². The van der Waals surface area contributed by atoms with Gasteiger partial charge in [0.15, 0.2) is 6.54 Å². The molecule has 0 spiro atoms. The van der Waals surface area contributed by atoms with Gasteiger partial charge in [-0.25, -0.2) is 0 Å². The molecule has 2 aromatic rings. The van der Waals surface area contributed by atoms with Crippen molar-refractivity contribution in [3.63, 3.8) is 0 Å². The van der Waals surface area contributed by atoms with E-state index in [-0.39, 0.29) is 12.3 Å². The topological polar surface area (TPSA) is 58.2 Å². The van der Waals surface area contributed by atoms with E-state index in [1.54, 1.807) is 23.5 Å². The number of aryl methyl sites for hydroxylation is 2. The zero-order valence-electron chi connectivity index (χ0n) is 9.05. The molecule has 92 valence electrons. The Labute approximate surface area is 108 Å². The molecule has 0 atom stereocenters. The van der Waals surface area contributed by atoms with E-state index >= 15 is 0 Å². The maximum Gasteiger partial charge on any atom is 0.271 e. The summed E-state index contributed by atoms with van der Waals surface area (Å²) in [7, 11) is -3.94. The molecule has 0 aliphatic heterocycles. The highest BCUT2D eigenvalue weighted by molar-refractivity contribution is 7.85. The van der Waals surface area contributed by atoms with Crippen LogP contribution >= 0.6 is 22.9 Å². The third kappa shape index (κ3) is 2.95. The standard InChI is InChI=1S/C10H10ClNO3S2/c1-7-12(4-5-17(13,14)15)9-6-8(11)2-3-10(9)16-7/h2-3,6H,4-5H2,1H3/p+1. The maximum absolute atomic E-state index is 10.8. The molecule has 0 amide bonds. The second kappa shape index (κ2) is 4.53. The number of fused-ring (bicyclic) bond motifs is 1. The Balaban J connectivity index is 2.45. The van der Waals surface area contributed by atoms with Crippen LogP contribution in [-0.4, -0.2) is 18.7 Å². The molecule has 0 fully saturated rings. The van der Waals surface area contributed by atoms with Crippen LogP contribution in [0.25, 0.3) is 10.2 Å². The van der Waals surface area contributed by atoms with E-state index in [0.29, 0.717) is 5.02 Å². The highest BCUT2D eigenvalue weighted by atomic mass is 35.5. The Morgan fingerprint density at radius 1 is 1.47 bits per heavy atom. The summed E-state index contributed by atoms with van der Waals surface area (Å²) >= 11 is 7.48. The van der Waals surface area contributed by atoms with E-state index in [9.17, 15) is 8.42 Å². The lowest BCUT2D eigenvalue weighted by atomic mass is 10.3. The van der Waals surface area contributed by atoms with Gasteiger partial charge in [-0.2, -0.15) is 13.0 Å². The van der Waals surface area contributed by atoms with Crippen LogP contribution in [-0.2, 0) is 16.7 Å². The number of hydrogen-bond acceptors (Lipinski definition) is 3. The van der Waals surface area contributed by atoms with Gasteiger partial charge in [-0.05, 0) is 12.1 Å². The molecule has 0 radical (unpaired) electrons. The Morgan fingerprint density at radius 3 is 2.82 bits per heavy atom. The molecule has 1 aromatic heterocycles. The van der Waals surface area contributed by atoms with Gasteiger partial charge in [0.2, 0.25) is 10.5 Å². The molecular formula is C10H11ClNO3S2+. The molecule has 7 heteroatoms. The highest BCUT2D eigenvalue weighted by Gasteiger charge is 2.19. The van der Waals surface area contributed by atoms with Crippen molar-refractivity contribution < 1.29 is 17.5 Å². The van der Waals surface area contributed by atoms with E-state index in [4.69, 9.17) is 16.2 Å². The molecule has 0 aliphatic carbocycles. The lowest BCUT2D eigenvalue weighted by molar-refractivity contribution is -0.668. The van der Waals surface area contributed by atoms with Gasteiger partial charge in [-0.15, -0.1) is 0 Å². The monoisotopic (exact) mass is 292 g/mol. The van der Waals surface area contributed by atoms with Gasteiger partial charge < -0.3 is 0 Å². The van der Waals surface area contributed by atoms with Crippen LogP contribution in [0.1, 0.15) is 5.01 Å². The number of aromatic nitrogens is 1. The average Bonchev–Trinajstić information content (AvgIpc) is 2.49. The van der Waals surface area contributed by atoms with Crippen molar-refractivity contribution in [3.05, 3.63) is 28.2 Å². The van der Waals surface area contributed by atoms with Gasteiger partial charge in [-0.3, -0.25) is 4.55 Å². The largest absolute Gasteiger partial charge is 0.285 e. The smallest absolute Gasteiger partial charge is 0.271 e. The normalized spacial score (nSPS) is 12.2. The van der Waals surface area contributed by atoms with E-state index in [1.807, 2.05) is 17.6 Å². The Morgan fingerprint density at radius 2 is 2.18 bits per heavy atom. The fraction of sp³-hybridized carbons (Fsp3) is 0.300. The minimum Gasteiger partial charge on any atom is -0.285 e. The second-order valence-corrected chi connectivity index (χ2v) is 6.91. The zero-order valence-corrected chi connectivity index (χ0v) is 11.4. The first-order valence-corrected chi connectivity index (χ1v) is 7.71. The Bertz CT molecular complexity index is 663. The number of nitrogens with zero attached hydrogens (tertiary/aromatic N) is 1. The van der Waals surface area contributed by atoms with Gasteiger partial charge in [0.25, 0.3) is 10.1 Å². The van der Waals surface area contributed by atoms with Crippen LogP contribution in [0.3, 0.4) is 0 Å². The van der Waals surface area contributed by atoms with E-state index in [1.165, 1.54) is 0 Å². The fourth-order valence-electron chi connectivity index (χ4n) is 1.66. The van der Waals surface area contributed by atoms with Gasteiger partial charge in [0.05, 0.1) is 0 Å². The quantitative estimate of drug-likeness (QED) is 0.696. The average molecular weight is 293 g/mol. The van der Waals surface area contributed by atoms with Crippen LogP contribution in [0.2, 0.25) is 5.02 Å². The summed E-state index contributed by atoms with van der Waals surface area (Å²) in [6.07, 6.45) is 0. The van der Waals surface area contributed by atoms with Crippen LogP contribution in [0, 0.1) is 6.92 Å². The number of rotatable bonds is 3. The lowest BCUT2D eigenvalue weighted by Crippen LogP contribution is -2.38. The molecular weight excluding hydrogens is 282 g/mol. The minimum atomic E-state index is -3.94. The molecule has 1 heterocycles. The zero-order chi connectivity index (χ0) is 12.6. The van der Waals surface area contributed by atoms with Crippen molar-refractivity contribution in [1.29, 1.82) is 0 Å². The summed E-state index contributed by atoms with van der Waals surface area (Å²) in [4.78, 5) is 0. The number of hydrogen-bond donors (Lipinski definition) is 1. The molecule has 0 saturated carbocycles. The van der Waals surface area contributed by atoms with E-state index in [2.05, 4.69) is 0 Å². The third-order valence-electron chi connectivity index (χ3n) is 2.42. The Kier molecular flexibility index (Phi) is 3.40. The third-order valence-corrected chi connectivity index (χ3v) is 4.44. The number of benzene rings is 1. The van der Waals surface area contributed by atoms with Crippen LogP contribution in [0.4, 0.5) is 0 Å². The number of thiazole rings is 1. The van der Waals surface area contributed by atoms with Crippen LogP contribution in [0.15, 0.2) is 18.2 Å². The SMILES string of the molecule is Cc1sc2ccc(Cl)cc2[n+]1CCS(=O)(=O)O. The summed E-state index contributed by atoms with van der Waals surface area (Å²) in [5.41, 5.74) is 0.892. The molecule has 4 nitrogen and oxygen atoms in total. The van der Waals surface area contributed by atoms with Crippen molar-refractivity contribution in [2.75, 3.05) is 5.75 Å². The van der Waals surface area contributed by atoms with E-state index < -0.39 is 10.1 Å². The second-order valence-electron chi connectivity index (χ2n) is 3.67. The molecule has 0 saturated heterocycles. The Hall–Kier alpha value is -0.690. The van der Waals surface area contributed by atoms with Crippen molar-refractivity contribution in [2.45, 2.75) is 13.5 Å². The van der Waals surface area contributed by atoms with Crippen molar-refractivity contribution in [1.82, 2.24) is 0 Å². The summed E-state index contributed by atoms with van der Waals surface area (Å²) < 4.78 is 33.2. The molecule has 17 heavy (non-hydrogen) atoms. The summed E-state index contributed by atoms with van der Waals surface area (Å²) in [6, 6.07) is 5.50. The van der Waals surface area contributed by atoms with Crippen molar-refractivity contribution in [2.24, 2.45) is 0 Å². The summed E-state index contributed by atoms with van der Waals surface area (Å²) in [5, 5.41) is 1.59. The molecule has 0 bridgehead atoms. The number of halogens is 1. The first kappa shape index (κ1) is 12.8. The van der Waals surface area contributed by atoms with Gasteiger partial charge in [0.1, 0.15) is 10.5 Å². The fourth-order valence-corrected chi connectivity index (χ4v) is 3.26. The molecule has 0 unspecified atom stereocenters. The highest BCUT2D eigenvalue weighted by Crippen LogP contribution is 2.23.